The van der Waals surface area contributed by atoms with Crippen molar-refractivity contribution in [1.82, 2.24) is 0 Å². The summed E-state index contributed by atoms with van der Waals surface area (Å²) in [6, 6.07) is 13.4. The van der Waals surface area contributed by atoms with Gasteiger partial charge in [0, 0.05) is 5.41 Å². The molecule has 1 saturated carbocycles. The molecule has 1 heterocycles. The average Bonchev–Trinajstić information content (AvgIpc) is 2.85. The Morgan fingerprint density at radius 1 is 1.04 bits per heavy atom. The third-order valence-corrected chi connectivity index (χ3v) is 6.34. The minimum absolute atomic E-state index is 0.297. The van der Waals surface area contributed by atoms with E-state index in [0.29, 0.717) is 18.6 Å². The Bertz CT molecular complexity index is 869. The Balaban J connectivity index is 1.68. The van der Waals surface area contributed by atoms with Crippen LogP contribution in [0.1, 0.15) is 33.6 Å². The summed E-state index contributed by atoms with van der Waals surface area (Å²) in [5, 5.41) is 2.08. The first-order valence-corrected chi connectivity index (χ1v) is 8.25. The quantitative estimate of drug-likeness (QED) is 0.621. The molecule has 2 atom stereocenters. The van der Waals surface area contributed by atoms with Gasteiger partial charge in [-0.25, -0.2) is 4.79 Å². The molecule has 0 N–H and O–H groups in total. The van der Waals surface area contributed by atoms with Crippen molar-refractivity contribution in [2.24, 2.45) is 10.8 Å². The van der Waals surface area contributed by atoms with Crippen LogP contribution in [0.4, 0.5) is 0 Å². The molecular formula is C20H20O4. The van der Waals surface area contributed by atoms with E-state index in [1.54, 1.807) is 6.07 Å². The fourth-order valence-electron chi connectivity index (χ4n) is 4.12. The van der Waals surface area contributed by atoms with E-state index in [4.69, 9.17) is 9.47 Å². The zero-order valence-electron chi connectivity index (χ0n) is 14.1. The zero-order valence-corrected chi connectivity index (χ0v) is 14.1. The fourth-order valence-corrected chi connectivity index (χ4v) is 4.12. The van der Waals surface area contributed by atoms with Gasteiger partial charge in [0.1, 0.15) is 5.75 Å². The summed E-state index contributed by atoms with van der Waals surface area (Å²) in [4.78, 5) is 25.2. The SMILES string of the molecule is CC12CCC(C(=O)Oc3ccc4ccccc4c3)(OC1=O)C2(C)C. The highest BCUT2D eigenvalue weighted by Crippen LogP contribution is 2.65. The van der Waals surface area contributed by atoms with Crippen LogP contribution in [0.3, 0.4) is 0 Å². The van der Waals surface area contributed by atoms with Crippen LogP contribution >= 0.6 is 0 Å². The Morgan fingerprint density at radius 3 is 2.38 bits per heavy atom. The zero-order chi connectivity index (χ0) is 17.2. The van der Waals surface area contributed by atoms with Crippen molar-refractivity contribution in [1.29, 1.82) is 0 Å². The van der Waals surface area contributed by atoms with E-state index in [9.17, 15) is 9.59 Å². The molecule has 1 aliphatic heterocycles. The number of fused-ring (bicyclic) bond motifs is 3. The lowest BCUT2D eigenvalue weighted by Gasteiger charge is -2.34. The van der Waals surface area contributed by atoms with Crippen LogP contribution in [0.5, 0.6) is 5.75 Å². The summed E-state index contributed by atoms with van der Waals surface area (Å²) < 4.78 is 11.2. The van der Waals surface area contributed by atoms with Gasteiger partial charge in [0.25, 0.3) is 0 Å². The van der Waals surface area contributed by atoms with Crippen LogP contribution in [0.15, 0.2) is 42.5 Å². The van der Waals surface area contributed by atoms with Gasteiger partial charge in [-0.3, -0.25) is 4.79 Å². The summed E-state index contributed by atoms with van der Waals surface area (Å²) in [6.45, 7) is 5.73. The smallest absolute Gasteiger partial charge is 0.356 e. The van der Waals surface area contributed by atoms with E-state index in [-0.39, 0.29) is 5.97 Å². The van der Waals surface area contributed by atoms with Gasteiger partial charge in [0.15, 0.2) is 0 Å². The molecule has 4 rings (SSSR count). The predicted octanol–water partition coefficient (Wildman–Crippen LogP) is 3.87. The van der Waals surface area contributed by atoms with Crippen LogP contribution in [0.2, 0.25) is 0 Å². The van der Waals surface area contributed by atoms with Crippen LogP contribution in [-0.4, -0.2) is 17.5 Å². The van der Waals surface area contributed by atoms with E-state index < -0.39 is 22.4 Å². The summed E-state index contributed by atoms with van der Waals surface area (Å²) in [6.07, 6.45) is 1.15. The van der Waals surface area contributed by atoms with Gasteiger partial charge in [0.05, 0.1) is 5.41 Å². The molecule has 0 radical (unpaired) electrons. The van der Waals surface area contributed by atoms with Crippen LogP contribution in [0, 0.1) is 10.8 Å². The van der Waals surface area contributed by atoms with Crippen molar-refractivity contribution in [3.63, 3.8) is 0 Å². The largest absolute Gasteiger partial charge is 0.446 e. The highest BCUT2D eigenvalue weighted by Gasteiger charge is 2.76. The van der Waals surface area contributed by atoms with E-state index in [1.807, 2.05) is 57.2 Å². The maximum Gasteiger partial charge on any atom is 0.356 e. The fraction of sp³-hybridized carbons (Fsp3) is 0.400. The molecule has 2 unspecified atom stereocenters. The first-order chi connectivity index (χ1) is 11.3. The van der Waals surface area contributed by atoms with Crippen molar-refractivity contribution in [3.8, 4) is 5.75 Å². The van der Waals surface area contributed by atoms with E-state index in [2.05, 4.69) is 0 Å². The highest BCUT2D eigenvalue weighted by atomic mass is 16.6. The maximum atomic E-state index is 12.9. The number of benzene rings is 2. The molecule has 0 spiro atoms. The Labute approximate surface area is 140 Å². The molecule has 4 heteroatoms. The van der Waals surface area contributed by atoms with Crippen LogP contribution in [0.25, 0.3) is 10.8 Å². The Kier molecular flexibility index (Phi) is 2.91. The molecule has 1 aliphatic carbocycles. The van der Waals surface area contributed by atoms with Gasteiger partial charge in [-0.05, 0) is 42.7 Å². The molecule has 24 heavy (non-hydrogen) atoms. The third kappa shape index (κ3) is 1.68. The highest BCUT2D eigenvalue weighted by molar-refractivity contribution is 5.95. The van der Waals surface area contributed by atoms with Crippen molar-refractivity contribution in [3.05, 3.63) is 42.5 Å². The molecule has 2 fully saturated rings. The number of carbonyl (C=O) groups is 2. The molecule has 2 aliphatic rings. The molecule has 1 saturated heterocycles. The first-order valence-electron chi connectivity index (χ1n) is 8.25. The minimum atomic E-state index is -1.19. The van der Waals surface area contributed by atoms with E-state index in [0.717, 1.165) is 10.8 Å². The van der Waals surface area contributed by atoms with Gasteiger partial charge in [-0.2, -0.15) is 0 Å². The lowest BCUT2D eigenvalue weighted by molar-refractivity contribution is -0.176. The topological polar surface area (TPSA) is 52.6 Å². The molecule has 2 aromatic carbocycles. The minimum Gasteiger partial charge on any atom is -0.446 e. The summed E-state index contributed by atoms with van der Waals surface area (Å²) in [7, 11) is 0. The van der Waals surface area contributed by atoms with Crippen molar-refractivity contribution in [2.75, 3.05) is 0 Å². The molecule has 4 nitrogen and oxygen atoms in total. The summed E-state index contributed by atoms with van der Waals surface area (Å²) >= 11 is 0. The van der Waals surface area contributed by atoms with Gasteiger partial charge >= 0.3 is 11.9 Å². The van der Waals surface area contributed by atoms with Crippen LogP contribution in [-0.2, 0) is 14.3 Å². The average molecular weight is 324 g/mol. The maximum absolute atomic E-state index is 12.9. The standard InChI is InChI=1S/C20H20O4/c1-18(2)19(3)10-11-20(18,24-16(19)21)17(22)23-15-9-8-13-6-4-5-7-14(13)12-15/h4-9,12H,10-11H2,1-3H3. The molecule has 124 valence electrons. The second-order valence-corrected chi connectivity index (χ2v) is 7.57. The van der Waals surface area contributed by atoms with Gasteiger partial charge in [0.2, 0.25) is 5.60 Å². The van der Waals surface area contributed by atoms with Gasteiger partial charge < -0.3 is 9.47 Å². The van der Waals surface area contributed by atoms with Crippen LogP contribution < -0.4 is 4.74 Å². The number of hydrogen-bond donors (Lipinski definition) is 0. The van der Waals surface area contributed by atoms with E-state index in [1.165, 1.54) is 0 Å². The number of esters is 2. The van der Waals surface area contributed by atoms with Gasteiger partial charge in [-0.15, -0.1) is 0 Å². The number of hydrogen-bond acceptors (Lipinski definition) is 4. The normalized spacial score (nSPS) is 30.4. The second-order valence-electron chi connectivity index (χ2n) is 7.57. The predicted molar refractivity (Wildman–Crippen MR) is 89.5 cm³/mol. The first kappa shape index (κ1) is 15.2. The van der Waals surface area contributed by atoms with Crippen molar-refractivity contribution in [2.45, 2.75) is 39.2 Å². The second kappa shape index (κ2) is 4.59. The lowest BCUT2D eigenvalue weighted by atomic mass is 9.66. The summed E-state index contributed by atoms with van der Waals surface area (Å²) in [5.41, 5.74) is -2.41. The monoisotopic (exact) mass is 324 g/mol. The number of rotatable bonds is 2. The molecule has 2 bridgehead atoms. The Morgan fingerprint density at radius 2 is 1.75 bits per heavy atom. The Hall–Kier alpha value is -2.36. The third-order valence-electron chi connectivity index (χ3n) is 6.34. The van der Waals surface area contributed by atoms with Gasteiger partial charge in [-0.1, -0.05) is 44.2 Å². The number of ether oxygens (including phenoxy) is 2. The number of carbonyl (C=O) groups excluding carboxylic acids is 2. The molecular weight excluding hydrogens is 304 g/mol. The molecule has 2 aromatic rings. The van der Waals surface area contributed by atoms with Crippen molar-refractivity contribution >= 4 is 22.7 Å². The lowest BCUT2D eigenvalue weighted by Crippen LogP contribution is -2.50. The summed E-state index contributed by atoms with van der Waals surface area (Å²) in [5.74, 6) is -0.299. The molecule has 0 amide bonds. The van der Waals surface area contributed by atoms with E-state index >= 15 is 0 Å². The van der Waals surface area contributed by atoms with Crippen molar-refractivity contribution < 1.29 is 19.1 Å². The molecule has 0 aromatic heterocycles.